The summed E-state index contributed by atoms with van der Waals surface area (Å²) in [4.78, 5) is 0. The van der Waals surface area contributed by atoms with E-state index in [-0.39, 0.29) is 11.5 Å². The Balaban J connectivity index is 1.81. The van der Waals surface area contributed by atoms with E-state index in [2.05, 4.69) is 40.8 Å². The van der Waals surface area contributed by atoms with Gasteiger partial charge in [0.1, 0.15) is 5.75 Å². The fourth-order valence-corrected chi connectivity index (χ4v) is 3.64. The maximum atomic E-state index is 12.6. The second-order valence-corrected chi connectivity index (χ2v) is 8.71. The number of aryl methyl sites for hydroxylation is 2. The third kappa shape index (κ3) is 4.22. The molecule has 0 radical (unpaired) electrons. The molecule has 0 spiro atoms. The van der Waals surface area contributed by atoms with E-state index in [1.54, 1.807) is 0 Å². The van der Waals surface area contributed by atoms with E-state index >= 15 is 0 Å². The van der Waals surface area contributed by atoms with Crippen LogP contribution in [0.4, 0.5) is 0 Å². The molecule has 27 heavy (non-hydrogen) atoms. The molecule has 0 aliphatic heterocycles. The van der Waals surface area contributed by atoms with Crippen LogP contribution in [-0.4, -0.2) is 24.0 Å². The molecule has 3 rings (SSSR count). The van der Waals surface area contributed by atoms with Crippen molar-refractivity contribution in [3.05, 3.63) is 46.9 Å². The van der Waals surface area contributed by atoms with Gasteiger partial charge in [-0.2, -0.15) is 8.93 Å². The average Bonchev–Trinajstić information content (AvgIpc) is 3.16. The molecule has 7 nitrogen and oxygen atoms in total. The molecule has 2 heterocycles. The normalized spacial score (nSPS) is 14.4. The van der Waals surface area contributed by atoms with E-state index in [9.17, 15) is 4.21 Å². The molecule has 0 amide bonds. The summed E-state index contributed by atoms with van der Waals surface area (Å²) in [6, 6.07) is 7.56. The first kappa shape index (κ1) is 19.6. The molecule has 2 N–H and O–H groups in total. The van der Waals surface area contributed by atoms with Crippen molar-refractivity contribution in [1.82, 2.24) is 24.5 Å². The average molecular weight is 390 g/mol. The summed E-state index contributed by atoms with van der Waals surface area (Å²) in [5.41, 5.74) is 3.78. The molecule has 2 unspecified atom stereocenters. The first-order chi connectivity index (χ1) is 12.7. The second kappa shape index (κ2) is 7.44. The standard InChI is InChI=1S/C19H27N5O2S/c1-7-14(23-27(25)26-15-10-12(2)8-9-13(15)3)18-21-20-17-11-16(19(4,5)6)22-24(17)18/h8-11,14,22-23H,7H2,1-6H3. The van der Waals surface area contributed by atoms with Gasteiger partial charge in [0.05, 0.1) is 6.04 Å². The van der Waals surface area contributed by atoms with Crippen LogP contribution in [0, 0.1) is 13.8 Å². The first-order valence-electron chi connectivity index (χ1n) is 9.07. The molecule has 0 aliphatic rings. The van der Waals surface area contributed by atoms with E-state index in [0.717, 1.165) is 22.5 Å². The van der Waals surface area contributed by atoms with Crippen LogP contribution in [-0.2, 0) is 16.7 Å². The van der Waals surface area contributed by atoms with Crippen LogP contribution in [0.3, 0.4) is 0 Å². The highest BCUT2D eigenvalue weighted by Crippen LogP contribution is 2.24. The Morgan fingerprint density at radius 1 is 1.26 bits per heavy atom. The van der Waals surface area contributed by atoms with Gasteiger partial charge in [0.2, 0.25) is 0 Å². The van der Waals surface area contributed by atoms with Gasteiger partial charge >= 0.3 is 0 Å². The van der Waals surface area contributed by atoms with E-state index < -0.39 is 11.3 Å². The Morgan fingerprint density at radius 3 is 2.67 bits per heavy atom. The van der Waals surface area contributed by atoms with Crippen LogP contribution < -0.4 is 8.91 Å². The molecule has 0 saturated carbocycles. The summed E-state index contributed by atoms with van der Waals surface area (Å²) in [5.74, 6) is 1.29. The van der Waals surface area contributed by atoms with Gasteiger partial charge in [0.15, 0.2) is 11.5 Å². The third-order valence-corrected chi connectivity index (χ3v) is 5.30. The minimum Gasteiger partial charge on any atom is -0.389 e. The summed E-state index contributed by atoms with van der Waals surface area (Å²) < 4.78 is 23.0. The highest BCUT2D eigenvalue weighted by atomic mass is 32.2. The highest BCUT2D eigenvalue weighted by molar-refractivity contribution is 7.78. The lowest BCUT2D eigenvalue weighted by Crippen LogP contribution is -2.28. The number of fused-ring (bicyclic) bond motifs is 1. The molecule has 2 atom stereocenters. The predicted octanol–water partition coefficient (Wildman–Crippen LogP) is 3.67. The zero-order valence-electron chi connectivity index (χ0n) is 16.7. The Bertz CT molecular complexity index is 970. The fourth-order valence-electron chi connectivity index (χ4n) is 2.75. The number of nitrogens with one attached hydrogen (secondary N) is 2. The Kier molecular flexibility index (Phi) is 5.39. The lowest BCUT2D eigenvalue weighted by molar-refractivity contribution is 0.504. The first-order valence-corrected chi connectivity index (χ1v) is 10.1. The summed E-state index contributed by atoms with van der Waals surface area (Å²) in [6.07, 6.45) is 0.687. The number of H-pyrrole nitrogens is 1. The molecular formula is C19H27N5O2S. The number of aromatic nitrogens is 4. The van der Waals surface area contributed by atoms with Gasteiger partial charge in [0, 0.05) is 17.2 Å². The van der Waals surface area contributed by atoms with Crippen LogP contribution in [0.5, 0.6) is 5.75 Å². The Labute approximate surface area is 162 Å². The zero-order chi connectivity index (χ0) is 19.8. The van der Waals surface area contributed by atoms with Crippen molar-refractivity contribution < 1.29 is 8.39 Å². The summed E-state index contributed by atoms with van der Waals surface area (Å²) >= 11 is -1.70. The fraction of sp³-hybridized carbons (Fsp3) is 0.474. The van der Waals surface area contributed by atoms with Crippen molar-refractivity contribution in [3.63, 3.8) is 0 Å². The van der Waals surface area contributed by atoms with E-state index in [1.807, 2.05) is 49.6 Å². The Morgan fingerprint density at radius 2 is 2.00 bits per heavy atom. The smallest absolute Gasteiger partial charge is 0.288 e. The van der Waals surface area contributed by atoms with Crippen LogP contribution >= 0.6 is 0 Å². The van der Waals surface area contributed by atoms with E-state index in [4.69, 9.17) is 4.18 Å². The van der Waals surface area contributed by atoms with E-state index in [0.29, 0.717) is 18.0 Å². The summed E-state index contributed by atoms with van der Waals surface area (Å²) in [6.45, 7) is 12.3. The zero-order valence-corrected chi connectivity index (χ0v) is 17.5. The molecule has 0 fully saturated rings. The lowest BCUT2D eigenvalue weighted by Gasteiger charge is -2.17. The molecule has 0 saturated heterocycles. The Hall–Kier alpha value is -2.19. The maximum absolute atomic E-state index is 12.6. The van der Waals surface area contributed by atoms with Gasteiger partial charge in [-0.05, 0) is 37.5 Å². The molecule has 0 aliphatic carbocycles. The van der Waals surface area contributed by atoms with Crippen molar-refractivity contribution in [2.45, 2.75) is 59.4 Å². The minimum atomic E-state index is -1.70. The quantitative estimate of drug-likeness (QED) is 0.674. The van der Waals surface area contributed by atoms with Crippen molar-refractivity contribution in [3.8, 4) is 5.75 Å². The SMILES string of the molecule is CCC(NS(=O)Oc1cc(C)ccc1C)c1nnc2cc(C(C)(C)C)[nH]n12. The lowest BCUT2D eigenvalue weighted by atomic mass is 9.93. The molecule has 0 bridgehead atoms. The summed E-state index contributed by atoms with van der Waals surface area (Å²) in [7, 11) is 0. The van der Waals surface area contributed by atoms with Crippen LogP contribution in [0.15, 0.2) is 24.3 Å². The number of rotatable bonds is 6. The van der Waals surface area contributed by atoms with Gasteiger partial charge < -0.3 is 4.18 Å². The molecule has 3 aromatic rings. The largest absolute Gasteiger partial charge is 0.389 e. The number of hydrogen-bond acceptors (Lipinski definition) is 4. The van der Waals surface area contributed by atoms with Crippen molar-refractivity contribution in [2.75, 3.05) is 0 Å². The van der Waals surface area contributed by atoms with Gasteiger partial charge in [-0.25, -0.2) is 4.52 Å². The molecule has 1 aromatic carbocycles. The number of hydrogen-bond donors (Lipinski definition) is 2. The number of aromatic amines is 1. The van der Waals surface area contributed by atoms with Crippen molar-refractivity contribution in [2.24, 2.45) is 0 Å². The summed E-state index contributed by atoms with van der Waals surface area (Å²) in [5, 5.41) is 11.9. The van der Waals surface area contributed by atoms with Crippen molar-refractivity contribution in [1.29, 1.82) is 0 Å². The van der Waals surface area contributed by atoms with E-state index in [1.165, 1.54) is 0 Å². The predicted molar refractivity (Wildman–Crippen MR) is 107 cm³/mol. The van der Waals surface area contributed by atoms with Crippen LogP contribution in [0.25, 0.3) is 5.65 Å². The number of benzene rings is 1. The van der Waals surface area contributed by atoms with Crippen LogP contribution in [0.2, 0.25) is 0 Å². The molecule has 146 valence electrons. The van der Waals surface area contributed by atoms with Crippen LogP contribution in [0.1, 0.15) is 62.8 Å². The molecule has 2 aromatic heterocycles. The second-order valence-electron chi connectivity index (χ2n) is 7.84. The van der Waals surface area contributed by atoms with Gasteiger partial charge in [0.25, 0.3) is 11.3 Å². The highest BCUT2D eigenvalue weighted by Gasteiger charge is 2.23. The topological polar surface area (TPSA) is 84.3 Å². The number of nitrogens with zero attached hydrogens (tertiary/aromatic N) is 3. The molecular weight excluding hydrogens is 362 g/mol. The van der Waals surface area contributed by atoms with Gasteiger partial charge in [-0.1, -0.05) is 39.8 Å². The van der Waals surface area contributed by atoms with Gasteiger partial charge in [-0.3, -0.25) is 5.10 Å². The molecule has 8 heteroatoms. The third-order valence-electron chi connectivity index (χ3n) is 4.49. The van der Waals surface area contributed by atoms with Crippen molar-refractivity contribution >= 4 is 16.9 Å². The minimum absolute atomic E-state index is 0.0261. The monoisotopic (exact) mass is 389 g/mol. The van der Waals surface area contributed by atoms with Gasteiger partial charge in [-0.15, -0.1) is 10.2 Å². The maximum Gasteiger partial charge on any atom is 0.288 e.